The number of benzene rings is 6. The maximum absolute atomic E-state index is 15.4. The lowest BCUT2D eigenvalue weighted by Gasteiger charge is -2.48. The van der Waals surface area contributed by atoms with E-state index in [9.17, 15) is 5.11 Å². The number of ether oxygens (including phenoxy) is 1. The van der Waals surface area contributed by atoms with Crippen molar-refractivity contribution in [2.75, 3.05) is 16.4 Å². The lowest BCUT2D eigenvalue weighted by molar-refractivity contribution is -0.139. The summed E-state index contributed by atoms with van der Waals surface area (Å²) in [5.41, 5.74) is 3.68. The zero-order valence-electron chi connectivity index (χ0n) is 26.9. The Balaban J connectivity index is 1.31. The smallest absolute Gasteiger partial charge is 0.246 e. The third-order valence-electron chi connectivity index (χ3n) is 9.88. The van der Waals surface area contributed by atoms with E-state index in [0.717, 1.165) is 11.3 Å². The van der Waals surface area contributed by atoms with Crippen LogP contribution in [-0.2, 0) is 35.4 Å². The summed E-state index contributed by atoms with van der Waals surface area (Å²) < 4.78 is 6.54. The number of hydrogen-bond acceptors (Lipinski definition) is 4. The Morgan fingerprint density at radius 1 is 0.673 bits per heavy atom. The van der Waals surface area contributed by atoms with Crippen molar-refractivity contribution in [3.63, 3.8) is 0 Å². The number of fused-ring (bicyclic) bond motifs is 4. The van der Waals surface area contributed by atoms with Gasteiger partial charge in [0.15, 0.2) is 0 Å². The van der Waals surface area contributed by atoms with Crippen molar-refractivity contribution in [1.29, 1.82) is 0 Å². The molecule has 5 nitrogen and oxygen atoms in total. The molecule has 0 radical (unpaired) electrons. The first kappa shape index (κ1) is 30.9. The molecule has 0 saturated carbocycles. The molecule has 1 unspecified atom stereocenters. The largest absolute Gasteiger partial charge is 0.490 e. The molecule has 2 aliphatic rings. The first-order valence-corrected chi connectivity index (χ1v) is 16.9. The average Bonchev–Trinajstić information content (AvgIpc) is 3.38. The van der Waals surface area contributed by atoms with Gasteiger partial charge in [-0.1, -0.05) is 145 Å². The normalized spacial score (nSPS) is 19.3. The minimum absolute atomic E-state index is 0.113. The monoisotopic (exact) mass is 662 g/mol. The van der Waals surface area contributed by atoms with Crippen LogP contribution in [0.2, 0.25) is 5.02 Å². The number of hydrogen-bond donors (Lipinski definition) is 1. The Labute approximate surface area is 291 Å². The predicted molar refractivity (Wildman–Crippen MR) is 195 cm³/mol. The average molecular weight is 663 g/mol. The summed E-state index contributed by atoms with van der Waals surface area (Å²) in [7, 11) is 0. The Bertz CT molecular complexity index is 2070. The highest BCUT2D eigenvalue weighted by Gasteiger charge is 2.67. The summed E-state index contributed by atoms with van der Waals surface area (Å²) in [5, 5.41) is 13.6. The Morgan fingerprint density at radius 3 is 1.84 bits per heavy atom. The number of carbonyl (C=O) groups excluding carboxylic acids is 1. The first-order chi connectivity index (χ1) is 24.0. The van der Waals surface area contributed by atoms with E-state index < -0.39 is 11.0 Å². The van der Waals surface area contributed by atoms with E-state index in [2.05, 4.69) is 59.5 Å². The Kier molecular flexibility index (Phi) is 7.95. The van der Waals surface area contributed by atoms with Gasteiger partial charge in [0.25, 0.3) is 0 Å². The van der Waals surface area contributed by atoms with Crippen LogP contribution in [-0.4, -0.2) is 17.6 Å². The quantitative estimate of drug-likeness (QED) is 0.177. The maximum Gasteiger partial charge on any atom is 0.246 e. The van der Waals surface area contributed by atoms with Crippen molar-refractivity contribution in [3.05, 3.63) is 196 Å². The van der Waals surface area contributed by atoms with E-state index in [-0.39, 0.29) is 12.5 Å². The number of rotatable bonds is 8. The van der Waals surface area contributed by atoms with Crippen LogP contribution in [0.1, 0.15) is 33.4 Å². The van der Waals surface area contributed by atoms with Gasteiger partial charge in [0.05, 0.1) is 12.2 Å². The number of amides is 1. The molecule has 49 heavy (non-hydrogen) atoms. The second-order valence-electron chi connectivity index (χ2n) is 12.8. The lowest BCUT2D eigenvalue weighted by Crippen LogP contribution is -2.61. The van der Waals surface area contributed by atoms with Crippen molar-refractivity contribution in [2.24, 2.45) is 0 Å². The van der Waals surface area contributed by atoms with Crippen LogP contribution in [0.25, 0.3) is 0 Å². The minimum atomic E-state index is -1.72. The maximum atomic E-state index is 15.4. The molecule has 1 spiro atoms. The lowest BCUT2D eigenvalue weighted by atomic mass is 9.60. The summed E-state index contributed by atoms with van der Waals surface area (Å²) in [6.45, 7) is 1.57. The zero-order chi connectivity index (χ0) is 33.4. The van der Waals surface area contributed by atoms with Crippen LogP contribution >= 0.6 is 11.6 Å². The topological polar surface area (TPSA) is 53.0 Å². The van der Waals surface area contributed by atoms with Crippen LogP contribution in [0.5, 0.6) is 5.75 Å². The van der Waals surface area contributed by atoms with E-state index in [1.165, 1.54) is 11.1 Å². The highest BCUT2D eigenvalue weighted by Crippen LogP contribution is 2.60. The molecule has 0 aliphatic carbocycles. The van der Waals surface area contributed by atoms with Gasteiger partial charge < -0.3 is 19.6 Å². The number of halogens is 1. The molecule has 2 aliphatic heterocycles. The second-order valence-corrected chi connectivity index (χ2v) is 13.2. The molecular formula is C43H35ClN2O3. The van der Waals surface area contributed by atoms with Crippen LogP contribution < -0.4 is 14.5 Å². The summed E-state index contributed by atoms with van der Waals surface area (Å²) in [4.78, 5) is 19.4. The molecule has 6 heteroatoms. The minimum Gasteiger partial charge on any atom is -0.490 e. The van der Waals surface area contributed by atoms with Gasteiger partial charge in [-0.25, -0.2) is 0 Å². The van der Waals surface area contributed by atoms with Gasteiger partial charge in [-0.2, -0.15) is 0 Å². The molecule has 2 atom stereocenters. The van der Waals surface area contributed by atoms with Gasteiger partial charge in [0.1, 0.15) is 23.4 Å². The molecule has 2 heterocycles. The van der Waals surface area contributed by atoms with Crippen molar-refractivity contribution >= 4 is 28.9 Å². The molecule has 1 N–H and O–H groups in total. The van der Waals surface area contributed by atoms with E-state index in [4.69, 9.17) is 16.3 Å². The number of carbonyl (C=O) groups is 1. The van der Waals surface area contributed by atoms with E-state index in [1.807, 2.05) is 97.1 Å². The van der Waals surface area contributed by atoms with Crippen molar-refractivity contribution in [2.45, 2.75) is 30.7 Å². The van der Waals surface area contributed by atoms with Gasteiger partial charge in [-0.3, -0.25) is 4.79 Å². The van der Waals surface area contributed by atoms with E-state index in [0.29, 0.717) is 52.8 Å². The van der Waals surface area contributed by atoms with E-state index in [1.54, 1.807) is 11.0 Å². The molecule has 8 rings (SSSR count). The summed E-state index contributed by atoms with van der Waals surface area (Å²) in [5.74, 6) is 0.350. The summed E-state index contributed by atoms with van der Waals surface area (Å²) in [6, 6.07) is 51.7. The molecule has 6 aromatic carbocycles. The standard InChI is InChI=1S/C43H35ClN2O3/c44-35-21-23-37-39(25-35)46(29-33-17-9-3-10-18-33)41(47)43(37)38-24-22-36(26-40(38)49-30-42(43,48)34-19-11-4-12-20-34)45(27-31-13-5-1-6-14-31)28-32-15-7-2-8-16-32/h1-26,48H,27-30H2/t42-,43?/m0/s1. The summed E-state index contributed by atoms with van der Waals surface area (Å²) >= 11 is 6.61. The molecule has 242 valence electrons. The molecule has 1 amide bonds. The van der Waals surface area contributed by atoms with E-state index >= 15 is 4.79 Å². The number of aliphatic hydroxyl groups is 1. The van der Waals surface area contributed by atoms with Crippen LogP contribution in [0.4, 0.5) is 11.4 Å². The fraction of sp³-hybridized carbons (Fsp3) is 0.140. The van der Waals surface area contributed by atoms with Gasteiger partial charge in [0, 0.05) is 35.4 Å². The Morgan fingerprint density at radius 2 is 1.22 bits per heavy atom. The van der Waals surface area contributed by atoms with Gasteiger partial charge >= 0.3 is 0 Å². The molecular weight excluding hydrogens is 628 g/mol. The highest BCUT2D eigenvalue weighted by molar-refractivity contribution is 6.31. The third-order valence-corrected chi connectivity index (χ3v) is 10.1. The highest BCUT2D eigenvalue weighted by atomic mass is 35.5. The van der Waals surface area contributed by atoms with Crippen molar-refractivity contribution < 1.29 is 14.6 Å². The number of anilines is 2. The van der Waals surface area contributed by atoms with Gasteiger partial charge in [0.2, 0.25) is 5.91 Å². The van der Waals surface area contributed by atoms with Crippen LogP contribution in [0.3, 0.4) is 0 Å². The summed E-state index contributed by atoms with van der Waals surface area (Å²) in [6.07, 6.45) is 0. The van der Waals surface area contributed by atoms with Crippen molar-refractivity contribution in [3.8, 4) is 5.75 Å². The van der Waals surface area contributed by atoms with Gasteiger partial charge in [-0.15, -0.1) is 0 Å². The van der Waals surface area contributed by atoms with Gasteiger partial charge in [-0.05, 0) is 46.0 Å². The first-order valence-electron chi connectivity index (χ1n) is 16.5. The molecule has 0 saturated heterocycles. The van der Waals surface area contributed by atoms with Crippen LogP contribution in [0.15, 0.2) is 158 Å². The fourth-order valence-corrected chi connectivity index (χ4v) is 7.73. The molecule has 6 aromatic rings. The third kappa shape index (κ3) is 5.27. The predicted octanol–water partition coefficient (Wildman–Crippen LogP) is 8.66. The fourth-order valence-electron chi connectivity index (χ4n) is 7.57. The van der Waals surface area contributed by atoms with Crippen molar-refractivity contribution in [1.82, 2.24) is 0 Å². The molecule has 0 aromatic heterocycles. The SMILES string of the molecule is O=C1N(Cc2ccccc2)c2cc(Cl)ccc2C12c1ccc(N(Cc3ccccc3)Cc3ccccc3)cc1OC[C@]2(O)c1ccccc1. The zero-order valence-corrected chi connectivity index (χ0v) is 27.6. The van der Waals surface area contributed by atoms with Crippen LogP contribution in [0, 0.1) is 0 Å². The number of nitrogens with zero attached hydrogens (tertiary/aromatic N) is 2. The Hall–Kier alpha value is -5.36. The molecule has 0 bridgehead atoms. The second kappa shape index (κ2) is 12.6. The molecule has 0 fully saturated rings.